The maximum atomic E-state index is 13.4. The fourth-order valence-corrected chi connectivity index (χ4v) is 5.12. The van der Waals surface area contributed by atoms with Gasteiger partial charge in [0.1, 0.15) is 11.5 Å². The fraction of sp³-hybridized carbons (Fsp3) is 0.310. The summed E-state index contributed by atoms with van der Waals surface area (Å²) in [7, 11) is 1.57. The molecule has 0 spiro atoms. The summed E-state index contributed by atoms with van der Waals surface area (Å²) < 4.78 is 10.7. The van der Waals surface area contributed by atoms with Crippen LogP contribution < -0.4 is 4.74 Å². The minimum atomic E-state index is -0.678. The van der Waals surface area contributed by atoms with Crippen LogP contribution in [0.5, 0.6) is 5.75 Å². The smallest absolute Gasteiger partial charge is 0.295 e. The summed E-state index contributed by atoms with van der Waals surface area (Å²) in [6, 6.07) is 19.9. The second-order valence-electron chi connectivity index (χ2n) is 9.10. The van der Waals surface area contributed by atoms with Crippen molar-refractivity contribution in [3.05, 3.63) is 83.4 Å². The Balaban J connectivity index is 1.55. The summed E-state index contributed by atoms with van der Waals surface area (Å²) in [6.45, 7) is 4.37. The molecule has 5 rings (SSSR count). The molecule has 0 radical (unpaired) electrons. The van der Waals surface area contributed by atoms with E-state index < -0.39 is 17.7 Å². The summed E-state index contributed by atoms with van der Waals surface area (Å²) in [5.41, 5.74) is 1.41. The molecule has 2 fully saturated rings. The lowest BCUT2D eigenvalue weighted by Gasteiger charge is -2.29. The summed E-state index contributed by atoms with van der Waals surface area (Å²) in [6.07, 6.45) is 0.719. The molecular formula is C29H30N2O5. The number of hydrogen-bond donors (Lipinski definition) is 1. The predicted molar refractivity (Wildman–Crippen MR) is 138 cm³/mol. The minimum Gasteiger partial charge on any atom is -0.507 e. The summed E-state index contributed by atoms with van der Waals surface area (Å²) >= 11 is 0. The molecule has 0 bridgehead atoms. The zero-order valence-electron chi connectivity index (χ0n) is 20.4. The number of aliphatic hydroxyl groups excluding tert-OH is 1. The standard InChI is InChI=1S/C29H30N2O5/c1-35-22-12-10-21(11-13-22)27(32)25-26(24-9-4-7-20-6-2-3-8-23(20)24)31(29(34)28(25)33)15-5-14-30-16-18-36-19-17-30/h2-4,6-13,26,32H,5,14-19H2,1H3/t26-/m0/s1. The Kier molecular flexibility index (Phi) is 7.02. The Labute approximate surface area is 210 Å². The molecule has 3 aromatic rings. The van der Waals surface area contributed by atoms with Crippen LogP contribution in [0.2, 0.25) is 0 Å². The first-order chi connectivity index (χ1) is 17.6. The van der Waals surface area contributed by atoms with E-state index in [0.717, 1.165) is 42.4 Å². The molecule has 7 nitrogen and oxygen atoms in total. The fourth-order valence-electron chi connectivity index (χ4n) is 5.12. The molecule has 2 saturated heterocycles. The van der Waals surface area contributed by atoms with E-state index in [1.54, 1.807) is 36.3 Å². The zero-order valence-corrected chi connectivity index (χ0v) is 20.4. The molecule has 0 aliphatic carbocycles. The van der Waals surface area contributed by atoms with Gasteiger partial charge in [-0.3, -0.25) is 14.5 Å². The van der Waals surface area contributed by atoms with E-state index in [1.807, 2.05) is 42.5 Å². The number of amides is 1. The van der Waals surface area contributed by atoms with Gasteiger partial charge in [0, 0.05) is 31.7 Å². The highest BCUT2D eigenvalue weighted by Gasteiger charge is 2.46. The highest BCUT2D eigenvalue weighted by atomic mass is 16.5. The van der Waals surface area contributed by atoms with Crippen LogP contribution >= 0.6 is 0 Å². The van der Waals surface area contributed by atoms with Crippen LogP contribution in [0.1, 0.15) is 23.6 Å². The van der Waals surface area contributed by atoms with E-state index in [1.165, 1.54) is 0 Å². The Morgan fingerprint density at radius 2 is 1.69 bits per heavy atom. The first kappa shape index (κ1) is 24.0. The lowest BCUT2D eigenvalue weighted by Crippen LogP contribution is -2.39. The highest BCUT2D eigenvalue weighted by Crippen LogP contribution is 2.42. The number of carbonyl (C=O) groups is 2. The monoisotopic (exact) mass is 486 g/mol. The first-order valence-electron chi connectivity index (χ1n) is 12.3. The third-order valence-electron chi connectivity index (χ3n) is 7.00. The number of Topliss-reactive ketones (excluding diaryl/α,β-unsaturated/α-hetero) is 1. The van der Waals surface area contributed by atoms with Crippen LogP contribution in [-0.4, -0.2) is 73.1 Å². The SMILES string of the molecule is COc1ccc(C(O)=C2C(=O)C(=O)N(CCCN3CCOCC3)[C@H]2c2cccc3ccccc23)cc1. The quantitative estimate of drug-likeness (QED) is 0.309. The van der Waals surface area contributed by atoms with E-state index in [-0.39, 0.29) is 11.3 Å². The van der Waals surface area contributed by atoms with Crippen molar-refractivity contribution < 1.29 is 24.2 Å². The van der Waals surface area contributed by atoms with Crippen molar-refractivity contribution >= 4 is 28.2 Å². The molecule has 2 aliphatic rings. The second-order valence-corrected chi connectivity index (χ2v) is 9.10. The highest BCUT2D eigenvalue weighted by molar-refractivity contribution is 6.46. The molecule has 186 valence electrons. The van der Waals surface area contributed by atoms with Crippen LogP contribution in [0.3, 0.4) is 0 Å². The largest absolute Gasteiger partial charge is 0.507 e. The van der Waals surface area contributed by atoms with Gasteiger partial charge in [0.05, 0.1) is 31.9 Å². The van der Waals surface area contributed by atoms with E-state index in [2.05, 4.69) is 4.90 Å². The molecule has 2 aliphatic heterocycles. The molecule has 1 atom stereocenters. The maximum Gasteiger partial charge on any atom is 0.295 e. The van der Waals surface area contributed by atoms with Gasteiger partial charge in [-0.2, -0.15) is 0 Å². The number of ether oxygens (including phenoxy) is 2. The normalized spacial score (nSPS) is 20.2. The average molecular weight is 487 g/mol. The number of carbonyl (C=O) groups excluding carboxylic acids is 2. The molecule has 3 aromatic carbocycles. The molecule has 7 heteroatoms. The topological polar surface area (TPSA) is 79.3 Å². The average Bonchev–Trinajstić information content (AvgIpc) is 3.18. The third-order valence-corrected chi connectivity index (χ3v) is 7.00. The van der Waals surface area contributed by atoms with Gasteiger partial charge in [0.2, 0.25) is 0 Å². The van der Waals surface area contributed by atoms with Crippen LogP contribution in [0.4, 0.5) is 0 Å². The Hall–Kier alpha value is -3.68. The summed E-state index contributed by atoms with van der Waals surface area (Å²) in [5, 5.41) is 13.3. The van der Waals surface area contributed by atoms with Gasteiger partial charge in [-0.25, -0.2) is 0 Å². The van der Waals surface area contributed by atoms with Gasteiger partial charge in [-0.05, 0) is 47.0 Å². The van der Waals surface area contributed by atoms with Gasteiger partial charge in [-0.15, -0.1) is 0 Å². The second kappa shape index (κ2) is 10.5. The third kappa shape index (κ3) is 4.59. The molecule has 2 heterocycles. The van der Waals surface area contributed by atoms with Crippen LogP contribution in [0, 0.1) is 0 Å². The summed E-state index contributed by atoms with van der Waals surface area (Å²) in [5.74, 6) is -0.775. The molecule has 0 saturated carbocycles. The molecule has 1 amide bonds. The molecule has 1 N–H and O–H groups in total. The van der Waals surface area contributed by atoms with Gasteiger partial charge in [0.15, 0.2) is 0 Å². The minimum absolute atomic E-state index is 0.118. The maximum absolute atomic E-state index is 13.4. The number of morpholine rings is 1. The molecule has 0 unspecified atom stereocenters. The number of ketones is 1. The van der Waals surface area contributed by atoms with Gasteiger partial charge in [0.25, 0.3) is 11.7 Å². The van der Waals surface area contributed by atoms with Crippen molar-refractivity contribution in [1.82, 2.24) is 9.80 Å². The Bertz CT molecular complexity index is 1290. The van der Waals surface area contributed by atoms with Crippen molar-refractivity contribution in [3.8, 4) is 5.75 Å². The van der Waals surface area contributed by atoms with Crippen molar-refractivity contribution in [1.29, 1.82) is 0 Å². The van der Waals surface area contributed by atoms with E-state index in [0.29, 0.717) is 31.1 Å². The van der Waals surface area contributed by atoms with Crippen molar-refractivity contribution in [2.45, 2.75) is 12.5 Å². The number of hydrogen-bond acceptors (Lipinski definition) is 6. The predicted octanol–water partition coefficient (Wildman–Crippen LogP) is 3.99. The van der Waals surface area contributed by atoms with E-state index in [4.69, 9.17) is 9.47 Å². The first-order valence-corrected chi connectivity index (χ1v) is 12.3. The molecular weight excluding hydrogens is 456 g/mol. The summed E-state index contributed by atoms with van der Waals surface area (Å²) in [4.78, 5) is 30.6. The number of fused-ring (bicyclic) bond motifs is 1. The number of aliphatic hydroxyl groups is 1. The number of likely N-dealkylation sites (tertiary alicyclic amines) is 1. The number of benzene rings is 3. The number of rotatable bonds is 7. The van der Waals surface area contributed by atoms with Crippen molar-refractivity contribution in [2.24, 2.45) is 0 Å². The Morgan fingerprint density at radius 3 is 2.44 bits per heavy atom. The number of nitrogens with zero attached hydrogens (tertiary/aromatic N) is 2. The van der Waals surface area contributed by atoms with Crippen molar-refractivity contribution in [2.75, 3.05) is 46.5 Å². The van der Waals surface area contributed by atoms with Crippen LogP contribution in [0.15, 0.2) is 72.3 Å². The number of methoxy groups -OCH3 is 1. The molecule has 36 heavy (non-hydrogen) atoms. The van der Waals surface area contributed by atoms with Crippen LogP contribution in [0.25, 0.3) is 16.5 Å². The molecule has 0 aromatic heterocycles. The van der Waals surface area contributed by atoms with Gasteiger partial charge in [-0.1, -0.05) is 42.5 Å². The Morgan fingerprint density at radius 1 is 0.972 bits per heavy atom. The zero-order chi connectivity index (χ0) is 25.1. The van der Waals surface area contributed by atoms with Crippen LogP contribution in [-0.2, 0) is 14.3 Å². The van der Waals surface area contributed by atoms with E-state index in [9.17, 15) is 14.7 Å². The van der Waals surface area contributed by atoms with Gasteiger partial charge >= 0.3 is 0 Å². The van der Waals surface area contributed by atoms with Gasteiger partial charge < -0.3 is 19.5 Å². The van der Waals surface area contributed by atoms with Crippen molar-refractivity contribution in [3.63, 3.8) is 0 Å². The lowest BCUT2D eigenvalue weighted by atomic mass is 9.91. The van der Waals surface area contributed by atoms with E-state index >= 15 is 0 Å². The lowest BCUT2D eigenvalue weighted by molar-refractivity contribution is -0.140.